The van der Waals surface area contributed by atoms with Gasteiger partial charge >= 0.3 is 12.1 Å². The van der Waals surface area contributed by atoms with Gasteiger partial charge in [0.15, 0.2) is 14.4 Å². The molecule has 1 aromatic rings. The molecule has 210 valence electrons. The number of carbonyl (C=O) groups excluding carboxylic acids is 3. The predicted molar refractivity (Wildman–Crippen MR) is 147 cm³/mol. The van der Waals surface area contributed by atoms with Gasteiger partial charge in [-0.15, -0.1) is 0 Å². The van der Waals surface area contributed by atoms with Crippen LogP contribution in [0, 0.1) is 0 Å². The number of hydrogen-bond acceptors (Lipinski definition) is 7. The van der Waals surface area contributed by atoms with E-state index in [0.29, 0.717) is 12.1 Å². The summed E-state index contributed by atoms with van der Waals surface area (Å²) in [5.74, 6) is -0.718. The molecule has 0 unspecified atom stereocenters. The van der Waals surface area contributed by atoms with Crippen LogP contribution in [0.4, 0.5) is 10.5 Å². The van der Waals surface area contributed by atoms with E-state index in [9.17, 15) is 14.4 Å². The summed E-state index contributed by atoms with van der Waals surface area (Å²) in [5.41, 5.74) is 0.655. The molecule has 1 aromatic carbocycles. The second-order valence-corrected chi connectivity index (χ2v) is 16.4. The minimum Gasteiger partial charge on any atom is -0.467 e. The maximum atomic E-state index is 12.8. The van der Waals surface area contributed by atoms with Crippen molar-refractivity contribution in [2.45, 2.75) is 104 Å². The first-order valence-electron chi connectivity index (χ1n) is 12.7. The molecule has 0 aliphatic carbocycles. The molecule has 0 saturated heterocycles. The number of esters is 1. The van der Waals surface area contributed by atoms with Gasteiger partial charge in [0, 0.05) is 12.1 Å². The molecule has 0 aromatic heterocycles. The summed E-state index contributed by atoms with van der Waals surface area (Å²) in [5, 5.41) is 5.53. The van der Waals surface area contributed by atoms with Gasteiger partial charge in [0.2, 0.25) is 5.91 Å². The molecule has 37 heavy (non-hydrogen) atoms. The van der Waals surface area contributed by atoms with Crippen molar-refractivity contribution < 1.29 is 33.0 Å². The smallest absolute Gasteiger partial charge is 0.408 e. The maximum absolute atomic E-state index is 12.8. The first-order chi connectivity index (χ1) is 17.0. The fourth-order valence-electron chi connectivity index (χ4n) is 3.02. The lowest BCUT2D eigenvalue weighted by Gasteiger charge is -2.38. The third kappa shape index (κ3) is 11.7. The lowest BCUT2D eigenvalue weighted by Crippen LogP contribution is -2.54. The average Bonchev–Trinajstić information content (AvgIpc) is 2.75. The van der Waals surface area contributed by atoms with E-state index in [1.165, 1.54) is 7.11 Å². The fraction of sp³-hybridized carbons (Fsp3) is 0.667. The van der Waals surface area contributed by atoms with Crippen molar-refractivity contribution in [3.63, 3.8) is 0 Å². The third-order valence-electron chi connectivity index (χ3n) is 6.05. The number of methoxy groups -OCH3 is 1. The van der Waals surface area contributed by atoms with Crippen molar-refractivity contribution in [1.82, 2.24) is 5.32 Å². The van der Waals surface area contributed by atoms with Crippen LogP contribution in [0.15, 0.2) is 24.3 Å². The highest BCUT2D eigenvalue weighted by Gasteiger charge is 2.40. The number of nitrogens with one attached hydrogen (secondary N) is 2. The highest BCUT2D eigenvalue weighted by Crippen LogP contribution is 2.36. The fourth-order valence-corrected chi connectivity index (χ4v) is 4.05. The Balaban J connectivity index is 3.14. The van der Waals surface area contributed by atoms with E-state index >= 15 is 0 Å². The van der Waals surface area contributed by atoms with Gasteiger partial charge in [-0.05, 0) is 63.0 Å². The molecule has 9 nitrogen and oxygen atoms in total. The quantitative estimate of drug-likeness (QED) is 0.271. The Morgan fingerprint density at radius 1 is 1.05 bits per heavy atom. The number of alkyl carbamates (subject to hydrolysis) is 1. The Morgan fingerprint density at radius 3 is 2.24 bits per heavy atom. The Morgan fingerprint density at radius 2 is 1.70 bits per heavy atom. The standard InChI is InChI=1S/C27H46N2O7Si/c1-11-13-22(30)28-20-15-12-14-19(16-20)17-34-23(24(31)33-8)21(29-25(32)36-26(2,3)4)18-35-37(9,10)27(5,6)7/h12,14-16,21,23H,11,13,17-18H2,1-10H3,(H,28,30)(H,29,32)/t21-,23+/m1/s1. The summed E-state index contributed by atoms with van der Waals surface area (Å²) in [6.07, 6.45) is -0.661. The van der Waals surface area contributed by atoms with Crippen molar-refractivity contribution >= 4 is 32.0 Å². The number of amides is 2. The molecule has 2 N–H and O–H groups in total. The number of ether oxygens (including phenoxy) is 3. The van der Waals surface area contributed by atoms with Gasteiger partial charge in [-0.3, -0.25) is 4.79 Å². The monoisotopic (exact) mass is 538 g/mol. The zero-order valence-electron chi connectivity index (χ0n) is 24.2. The minimum absolute atomic E-state index is 0.0443. The summed E-state index contributed by atoms with van der Waals surface area (Å²) in [6, 6.07) is 6.33. The van der Waals surface area contributed by atoms with Crippen LogP contribution in [0.3, 0.4) is 0 Å². The van der Waals surface area contributed by atoms with Crippen LogP contribution in [-0.4, -0.2) is 57.8 Å². The summed E-state index contributed by atoms with van der Waals surface area (Å²) in [6.45, 7) is 17.8. The van der Waals surface area contributed by atoms with E-state index in [1.54, 1.807) is 39.0 Å². The molecular formula is C27H46N2O7Si. The van der Waals surface area contributed by atoms with Crippen molar-refractivity contribution in [3.8, 4) is 0 Å². The van der Waals surface area contributed by atoms with Gasteiger partial charge < -0.3 is 29.3 Å². The number of anilines is 1. The Hall–Kier alpha value is -2.43. The molecular weight excluding hydrogens is 492 g/mol. The van der Waals surface area contributed by atoms with Crippen LogP contribution in [0.25, 0.3) is 0 Å². The molecule has 10 heteroatoms. The average molecular weight is 539 g/mol. The molecule has 0 aliphatic heterocycles. The Kier molecular flexibility index (Phi) is 12.3. The van der Waals surface area contributed by atoms with Gasteiger partial charge in [0.05, 0.1) is 26.4 Å². The van der Waals surface area contributed by atoms with Crippen molar-refractivity contribution in [2.24, 2.45) is 0 Å². The largest absolute Gasteiger partial charge is 0.467 e. The molecule has 1 rings (SSSR count). The number of hydrogen-bond donors (Lipinski definition) is 2. The Bertz CT molecular complexity index is 907. The highest BCUT2D eigenvalue weighted by molar-refractivity contribution is 6.74. The van der Waals surface area contributed by atoms with Gasteiger partial charge in [0.25, 0.3) is 0 Å². The zero-order valence-corrected chi connectivity index (χ0v) is 25.2. The maximum Gasteiger partial charge on any atom is 0.408 e. The molecule has 0 heterocycles. The van der Waals surface area contributed by atoms with E-state index in [1.807, 2.05) is 13.0 Å². The number of carbonyl (C=O) groups is 3. The van der Waals surface area contributed by atoms with E-state index in [0.717, 1.165) is 12.0 Å². The molecule has 0 spiro atoms. The van der Waals surface area contributed by atoms with Crippen LogP contribution < -0.4 is 10.6 Å². The predicted octanol–water partition coefficient (Wildman–Crippen LogP) is 5.40. The van der Waals surface area contributed by atoms with Crippen molar-refractivity contribution in [3.05, 3.63) is 29.8 Å². The van der Waals surface area contributed by atoms with Crippen LogP contribution >= 0.6 is 0 Å². The van der Waals surface area contributed by atoms with Crippen LogP contribution in [0.1, 0.15) is 66.9 Å². The van der Waals surface area contributed by atoms with Gasteiger partial charge in [0.1, 0.15) is 5.60 Å². The Labute approximate surface area is 223 Å². The van der Waals surface area contributed by atoms with Crippen LogP contribution in [0.2, 0.25) is 18.1 Å². The van der Waals surface area contributed by atoms with Gasteiger partial charge in [-0.2, -0.15) is 0 Å². The van der Waals surface area contributed by atoms with Crippen LogP contribution in [-0.2, 0) is 34.8 Å². The third-order valence-corrected chi connectivity index (χ3v) is 10.5. The summed E-state index contributed by atoms with van der Waals surface area (Å²) >= 11 is 0. The molecule has 2 amide bonds. The second-order valence-electron chi connectivity index (χ2n) is 11.6. The first kappa shape index (κ1) is 32.6. The molecule has 0 bridgehead atoms. The molecule has 0 saturated carbocycles. The van der Waals surface area contributed by atoms with E-state index in [-0.39, 0.29) is 24.2 Å². The van der Waals surface area contributed by atoms with Gasteiger partial charge in [-0.25, -0.2) is 9.59 Å². The highest BCUT2D eigenvalue weighted by atomic mass is 28.4. The molecule has 0 radical (unpaired) electrons. The number of benzene rings is 1. The van der Waals surface area contributed by atoms with E-state index in [2.05, 4.69) is 44.5 Å². The number of rotatable bonds is 12. The van der Waals surface area contributed by atoms with E-state index in [4.69, 9.17) is 18.6 Å². The zero-order chi connectivity index (χ0) is 28.4. The van der Waals surface area contributed by atoms with Gasteiger partial charge in [-0.1, -0.05) is 39.8 Å². The molecule has 0 aliphatic rings. The van der Waals surface area contributed by atoms with Crippen molar-refractivity contribution in [1.29, 1.82) is 0 Å². The van der Waals surface area contributed by atoms with Crippen molar-refractivity contribution in [2.75, 3.05) is 19.0 Å². The first-order valence-corrected chi connectivity index (χ1v) is 15.6. The minimum atomic E-state index is -2.21. The molecule has 2 atom stereocenters. The summed E-state index contributed by atoms with van der Waals surface area (Å²) < 4.78 is 22.8. The SMILES string of the molecule is CCCC(=O)Nc1cccc(CO[C@H](C(=O)OC)[C@@H](CO[Si](C)(C)C(C)(C)C)NC(=O)OC(C)(C)C)c1. The normalized spacial score (nSPS) is 13.9. The lowest BCUT2D eigenvalue weighted by atomic mass is 10.1. The molecule has 0 fully saturated rings. The topological polar surface area (TPSA) is 112 Å². The lowest BCUT2D eigenvalue weighted by molar-refractivity contribution is -0.157. The second kappa shape index (κ2) is 13.9. The van der Waals surface area contributed by atoms with Crippen LogP contribution in [0.5, 0.6) is 0 Å². The van der Waals surface area contributed by atoms with E-state index < -0.39 is 38.1 Å². The summed E-state index contributed by atoms with van der Waals surface area (Å²) in [7, 11) is -0.948. The summed E-state index contributed by atoms with van der Waals surface area (Å²) in [4.78, 5) is 37.4.